The van der Waals surface area contributed by atoms with Crippen LogP contribution in [0.2, 0.25) is 0 Å². The molecule has 16 heavy (non-hydrogen) atoms. The van der Waals surface area contributed by atoms with Crippen LogP contribution in [0.15, 0.2) is 18.2 Å². The highest BCUT2D eigenvalue weighted by Crippen LogP contribution is 2.30. The summed E-state index contributed by atoms with van der Waals surface area (Å²) >= 11 is 0. The van der Waals surface area contributed by atoms with Crippen molar-refractivity contribution in [3.63, 3.8) is 0 Å². The molecule has 0 N–H and O–H groups in total. The average molecular weight is 238 g/mol. The van der Waals surface area contributed by atoms with Gasteiger partial charge in [0, 0.05) is 5.56 Å². The molecule has 0 spiro atoms. The first-order valence-electron chi connectivity index (χ1n) is 4.23. The van der Waals surface area contributed by atoms with E-state index in [9.17, 15) is 26.7 Å². The smallest absolute Gasteiger partial charge is 0.288 e. The zero-order chi connectivity index (χ0) is 12.5. The van der Waals surface area contributed by atoms with Crippen molar-refractivity contribution in [2.24, 2.45) is 0 Å². The van der Waals surface area contributed by atoms with Crippen LogP contribution in [-0.2, 0) is 6.18 Å². The highest BCUT2D eigenvalue weighted by molar-refractivity contribution is 5.98. The van der Waals surface area contributed by atoms with E-state index in [1.807, 2.05) is 0 Å². The molecule has 0 unspecified atom stereocenters. The molecule has 1 rings (SSSR count). The molecule has 0 bridgehead atoms. The zero-order valence-electron chi connectivity index (χ0n) is 8.11. The fraction of sp³-hybridized carbons (Fsp3) is 0.300. The van der Waals surface area contributed by atoms with Gasteiger partial charge in [0.05, 0.1) is 5.56 Å². The highest BCUT2D eigenvalue weighted by Gasteiger charge is 2.32. The first-order valence-corrected chi connectivity index (χ1v) is 4.23. The van der Waals surface area contributed by atoms with Gasteiger partial charge < -0.3 is 0 Å². The van der Waals surface area contributed by atoms with E-state index in [0.717, 1.165) is 12.1 Å². The van der Waals surface area contributed by atoms with Gasteiger partial charge in [-0.2, -0.15) is 13.2 Å². The summed E-state index contributed by atoms with van der Waals surface area (Å²) in [6.07, 6.45) is -7.95. The van der Waals surface area contributed by atoms with Gasteiger partial charge in [-0.05, 0) is 30.7 Å². The lowest BCUT2D eigenvalue weighted by atomic mass is 10.0. The Bertz CT molecular complexity index is 408. The predicted octanol–water partition coefficient (Wildman–Crippen LogP) is 3.46. The first kappa shape index (κ1) is 12.6. The predicted molar refractivity (Wildman–Crippen MR) is 46.5 cm³/mol. The maximum absolute atomic E-state index is 12.3. The van der Waals surface area contributed by atoms with Crippen molar-refractivity contribution in [1.29, 1.82) is 0 Å². The van der Waals surface area contributed by atoms with Gasteiger partial charge in [-0.25, -0.2) is 8.78 Å². The maximum Gasteiger partial charge on any atom is 0.416 e. The average Bonchev–Trinajstić information content (AvgIpc) is 2.14. The van der Waals surface area contributed by atoms with Gasteiger partial charge in [-0.3, -0.25) is 4.79 Å². The van der Waals surface area contributed by atoms with E-state index < -0.39 is 29.5 Å². The number of alkyl halides is 5. The summed E-state index contributed by atoms with van der Waals surface area (Å²) in [5, 5.41) is 0. The van der Waals surface area contributed by atoms with Gasteiger partial charge in [0.1, 0.15) is 0 Å². The second kappa shape index (κ2) is 4.19. The number of Topliss-reactive ketones (excluding diaryl/α,β-unsaturated/α-hetero) is 1. The summed E-state index contributed by atoms with van der Waals surface area (Å²) in [4.78, 5) is 10.9. The van der Waals surface area contributed by atoms with E-state index in [2.05, 4.69) is 0 Å². The molecule has 1 aromatic rings. The number of hydrogen-bond acceptors (Lipinski definition) is 1. The van der Waals surface area contributed by atoms with Crippen molar-refractivity contribution in [2.75, 3.05) is 0 Å². The van der Waals surface area contributed by atoms with Crippen LogP contribution < -0.4 is 0 Å². The van der Waals surface area contributed by atoms with Crippen LogP contribution in [0.4, 0.5) is 22.0 Å². The summed E-state index contributed by atoms with van der Waals surface area (Å²) in [5.74, 6) is -1.60. The van der Waals surface area contributed by atoms with Crippen molar-refractivity contribution >= 4 is 5.78 Å². The van der Waals surface area contributed by atoms with E-state index >= 15 is 0 Å². The first-order chi connectivity index (χ1) is 7.21. The van der Waals surface area contributed by atoms with Crippen molar-refractivity contribution in [3.8, 4) is 0 Å². The number of hydrogen-bond donors (Lipinski definition) is 0. The second-order valence-electron chi connectivity index (χ2n) is 3.25. The van der Waals surface area contributed by atoms with Gasteiger partial charge in [0.25, 0.3) is 0 Å². The molecule has 0 aliphatic rings. The zero-order valence-corrected chi connectivity index (χ0v) is 8.11. The van der Waals surface area contributed by atoms with Crippen LogP contribution in [0.25, 0.3) is 0 Å². The highest BCUT2D eigenvalue weighted by atomic mass is 19.4. The summed E-state index contributed by atoms with van der Waals surface area (Å²) in [6.45, 7) is 1.30. The molecule has 0 aliphatic carbocycles. The maximum atomic E-state index is 12.3. The third-order valence-electron chi connectivity index (χ3n) is 1.89. The largest absolute Gasteiger partial charge is 0.416 e. The van der Waals surface area contributed by atoms with Crippen LogP contribution in [-0.4, -0.2) is 12.2 Å². The molecule has 0 radical (unpaired) electrons. The Morgan fingerprint density at radius 2 is 1.75 bits per heavy atom. The van der Waals surface area contributed by atoms with Gasteiger partial charge in [-0.1, -0.05) is 0 Å². The molecule has 1 nitrogen and oxygen atoms in total. The Labute approximate surface area is 87.9 Å². The summed E-state index contributed by atoms with van der Waals surface area (Å²) in [7, 11) is 0. The van der Waals surface area contributed by atoms with Crippen molar-refractivity contribution < 1.29 is 26.7 Å². The number of halogens is 5. The summed E-state index contributed by atoms with van der Waals surface area (Å²) < 4.78 is 61.0. The Balaban J connectivity index is 3.24. The molecule has 0 aromatic heterocycles. The molecule has 1 aromatic carbocycles. The number of rotatable bonds is 2. The lowest BCUT2D eigenvalue weighted by Gasteiger charge is -2.09. The third-order valence-corrected chi connectivity index (χ3v) is 1.89. The number of carbonyl (C=O) groups is 1. The normalized spacial score (nSPS) is 11.9. The second-order valence-corrected chi connectivity index (χ2v) is 3.25. The van der Waals surface area contributed by atoms with Gasteiger partial charge in [-0.15, -0.1) is 0 Å². The minimum Gasteiger partial charge on any atom is -0.288 e. The molecule has 0 heterocycles. The molecule has 88 valence electrons. The Hall–Kier alpha value is -1.46. The minimum absolute atomic E-state index is 0.110. The summed E-state index contributed by atoms with van der Waals surface area (Å²) in [6, 6.07) is 2.23. The lowest BCUT2D eigenvalue weighted by Crippen LogP contribution is -2.13. The Morgan fingerprint density at radius 1 is 1.19 bits per heavy atom. The molecule has 0 fully saturated rings. The van der Waals surface area contributed by atoms with Gasteiger partial charge >= 0.3 is 12.6 Å². The van der Waals surface area contributed by atoms with Crippen molar-refractivity contribution in [3.05, 3.63) is 34.9 Å². The molecule has 0 aliphatic heterocycles. The van der Waals surface area contributed by atoms with Crippen LogP contribution in [0.5, 0.6) is 0 Å². The number of benzene rings is 1. The van der Waals surface area contributed by atoms with Crippen LogP contribution in [0, 0.1) is 6.92 Å². The third kappa shape index (κ3) is 2.77. The van der Waals surface area contributed by atoms with Crippen LogP contribution in [0.3, 0.4) is 0 Å². The molecule has 0 atom stereocenters. The Kier molecular flexibility index (Phi) is 3.30. The SMILES string of the molecule is Cc1cc(C(=O)C(F)F)cc(C(F)(F)F)c1. The molecule has 0 saturated heterocycles. The lowest BCUT2D eigenvalue weighted by molar-refractivity contribution is -0.137. The fourth-order valence-corrected chi connectivity index (χ4v) is 1.22. The number of ketones is 1. The Morgan fingerprint density at radius 3 is 2.19 bits per heavy atom. The van der Waals surface area contributed by atoms with Gasteiger partial charge in [0.15, 0.2) is 0 Å². The van der Waals surface area contributed by atoms with E-state index in [0.29, 0.717) is 6.07 Å². The number of aryl methyl sites for hydroxylation is 1. The van der Waals surface area contributed by atoms with E-state index in [1.165, 1.54) is 6.92 Å². The van der Waals surface area contributed by atoms with E-state index in [1.54, 1.807) is 0 Å². The standard InChI is InChI=1S/C10H7F5O/c1-5-2-6(8(16)9(11)12)4-7(3-5)10(13,14)15/h2-4,9H,1H3. The number of carbonyl (C=O) groups excluding carboxylic acids is 1. The van der Waals surface area contributed by atoms with E-state index in [-0.39, 0.29) is 5.56 Å². The molecule has 0 saturated carbocycles. The van der Waals surface area contributed by atoms with Crippen molar-refractivity contribution in [1.82, 2.24) is 0 Å². The summed E-state index contributed by atoms with van der Waals surface area (Å²) in [5.41, 5.74) is -1.61. The monoisotopic (exact) mass is 238 g/mol. The molecule has 6 heteroatoms. The van der Waals surface area contributed by atoms with Crippen molar-refractivity contribution in [2.45, 2.75) is 19.5 Å². The minimum atomic E-state index is -4.65. The van der Waals surface area contributed by atoms with Gasteiger partial charge in [0.2, 0.25) is 5.78 Å². The van der Waals surface area contributed by atoms with E-state index in [4.69, 9.17) is 0 Å². The fourth-order valence-electron chi connectivity index (χ4n) is 1.22. The molecule has 0 amide bonds. The quantitative estimate of drug-likeness (QED) is 0.569. The van der Waals surface area contributed by atoms with Crippen LogP contribution in [0.1, 0.15) is 21.5 Å². The molecular weight excluding hydrogens is 231 g/mol. The topological polar surface area (TPSA) is 17.1 Å². The molecular formula is C10H7F5O. The van der Waals surface area contributed by atoms with Crippen LogP contribution >= 0.6 is 0 Å².